The normalized spacial score (nSPS) is 15.7. The van der Waals surface area contributed by atoms with E-state index >= 15 is 0 Å². The molecule has 0 spiro atoms. The van der Waals surface area contributed by atoms with Crippen LogP contribution in [0.2, 0.25) is 0 Å². The molecule has 1 fully saturated rings. The summed E-state index contributed by atoms with van der Waals surface area (Å²) in [6.07, 6.45) is 1.59. The van der Waals surface area contributed by atoms with Gasteiger partial charge >= 0.3 is 6.03 Å². The van der Waals surface area contributed by atoms with Gasteiger partial charge in [0.05, 0.1) is 12.8 Å². The predicted octanol–water partition coefficient (Wildman–Crippen LogP) is 4.14. The van der Waals surface area contributed by atoms with Gasteiger partial charge in [-0.25, -0.2) is 4.79 Å². The van der Waals surface area contributed by atoms with Gasteiger partial charge < -0.3 is 24.9 Å². The molecule has 1 aliphatic rings. The molecule has 2 N–H and O–H groups in total. The SMILES string of the molecule is Cc1ccc(NC(=O)C2CN(C(=O)c3cccc(-c4ccco4)c3)CCN2C(=O)NC(C)C)cc1. The number of aryl methyl sites for hydroxylation is 1. The Balaban J connectivity index is 1.55. The van der Waals surface area contributed by atoms with Gasteiger partial charge in [-0.05, 0) is 57.2 Å². The van der Waals surface area contributed by atoms with Crippen LogP contribution in [0, 0.1) is 6.92 Å². The summed E-state index contributed by atoms with van der Waals surface area (Å²) in [5.74, 6) is 0.134. The smallest absolute Gasteiger partial charge is 0.318 e. The third-order valence-corrected chi connectivity index (χ3v) is 5.88. The minimum atomic E-state index is -0.832. The number of nitrogens with one attached hydrogen (secondary N) is 2. The maximum atomic E-state index is 13.4. The average molecular weight is 475 g/mol. The highest BCUT2D eigenvalue weighted by molar-refractivity contribution is 5.99. The van der Waals surface area contributed by atoms with Crippen LogP contribution >= 0.6 is 0 Å². The summed E-state index contributed by atoms with van der Waals surface area (Å²) in [5.41, 5.74) is 3.01. The second kappa shape index (κ2) is 10.5. The van der Waals surface area contributed by atoms with E-state index in [4.69, 9.17) is 4.42 Å². The number of furan rings is 1. The quantitative estimate of drug-likeness (QED) is 0.581. The van der Waals surface area contributed by atoms with Crippen molar-refractivity contribution in [2.24, 2.45) is 0 Å². The molecule has 1 saturated heterocycles. The van der Waals surface area contributed by atoms with Gasteiger partial charge in [0.25, 0.3) is 5.91 Å². The molecule has 1 aliphatic heterocycles. The minimum absolute atomic E-state index is 0.0766. The topological polar surface area (TPSA) is 94.9 Å². The first-order valence-corrected chi connectivity index (χ1v) is 11.7. The van der Waals surface area contributed by atoms with Crippen LogP contribution in [-0.2, 0) is 4.79 Å². The van der Waals surface area contributed by atoms with Gasteiger partial charge in [0.1, 0.15) is 11.8 Å². The van der Waals surface area contributed by atoms with Gasteiger partial charge in [-0.2, -0.15) is 0 Å². The molecule has 2 aromatic carbocycles. The van der Waals surface area contributed by atoms with E-state index < -0.39 is 6.04 Å². The molecule has 1 atom stereocenters. The molecule has 35 heavy (non-hydrogen) atoms. The number of anilines is 1. The Bertz CT molecular complexity index is 1190. The first kappa shape index (κ1) is 24.1. The molecule has 2 heterocycles. The molecule has 0 saturated carbocycles. The van der Waals surface area contributed by atoms with E-state index in [-0.39, 0.29) is 37.0 Å². The van der Waals surface area contributed by atoms with E-state index in [1.807, 2.05) is 57.2 Å². The van der Waals surface area contributed by atoms with Crippen molar-refractivity contribution in [3.8, 4) is 11.3 Å². The highest BCUT2D eigenvalue weighted by Gasteiger charge is 2.37. The van der Waals surface area contributed by atoms with Gasteiger partial charge in [-0.1, -0.05) is 29.8 Å². The summed E-state index contributed by atoms with van der Waals surface area (Å²) in [6.45, 7) is 6.36. The van der Waals surface area contributed by atoms with Gasteiger partial charge in [-0.15, -0.1) is 0 Å². The molecule has 0 bridgehead atoms. The fourth-order valence-corrected chi connectivity index (χ4v) is 4.06. The maximum Gasteiger partial charge on any atom is 0.318 e. The molecule has 0 aliphatic carbocycles. The Hall–Kier alpha value is -4.07. The van der Waals surface area contributed by atoms with Crippen molar-refractivity contribution in [1.29, 1.82) is 0 Å². The maximum absolute atomic E-state index is 13.4. The largest absolute Gasteiger partial charge is 0.464 e. The van der Waals surface area contributed by atoms with Crippen LogP contribution in [-0.4, -0.2) is 59.4 Å². The summed E-state index contributed by atoms with van der Waals surface area (Å²) in [6, 6.07) is 17.0. The number of rotatable bonds is 5. The van der Waals surface area contributed by atoms with Crippen molar-refractivity contribution in [1.82, 2.24) is 15.1 Å². The van der Waals surface area contributed by atoms with Crippen LogP contribution in [0.15, 0.2) is 71.3 Å². The van der Waals surface area contributed by atoms with Crippen LogP contribution in [0.25, 0.3) is 11.3 Å². The third kappa shape index (κ3) is 5.71. The van der Waals surface area contributed by atoms with Crippen molar-refractivity contribution in [3.63, 3.8) is 0 Å². The molecular formula is C27H30N4O4. The zero-order valence-electron chi connectivity index (χ0n) is 20.2. The molecule has 182 valence electrons. The van der Waals surface area contributed by atoms with Gasteiger partial charge in [0.2, 0.25) is 5.91 Å². The fraction of sp³-hybridized carbons (Fsp3) is 0.296. The van der Waals surface area contributed by atoms with E-state index in [1.54, 1.807) is 35.4 Å². The lowest BCUT2D eigenvalue weighted by atomic mass is 10.1. The second-order valence-corrected chi connectivity index (χ2v) is 8.98. The number of urea groups is 1. The van der Waals surface area contributed by atoms with E-state index in [1.165, 1.54) is 4.90 Å². The standard InChI is InChI=1S/C27H30N4O4/c1-18(2)28-27(34)31-14-13-30(17-23(31)25(32)29-22-11-9-19(3)10-12-22)26(33)21-7-4-6-20(16-21)24-8-5-15-35-24/h4-12,15-16,18,23H,13-14,17H2,1-3H3,(H,28,34)(H,29,32). The number of piperazine rings is 1. The molecular weight excluding hydrogens is 444 g/mol. The van der Waals surface area contributed by atoms with E-state index in [0.717, 1.165) is 11.1 Å². The van der Waals surface area contributed by atoms with Crippen LogP contribution in [0.1, 0.15) is 29.8 Å². The first-order chi connectivity index (χ1) is 16.8. The van der Waals surface area contributed by atoms with Gasteiger partial charge in [-0.3, -0.25) is 9.59 Å². The van der Waals surface area contributed by atoms with E-state index in [0.29, 0.717) is 23.6 Å². The van der Waals surface area contributed by atoms with Crippen molar-refractivity contribution in [3.05, 3.63) is 78.1 Å². The number of carbonyl (C=O) groups is 3. The lowest BCUT2D eigenvalue weighted by Crippen LogP contribution is -2.62. The summed E-state index contributed by atoms with van der Waals surface area (Å²) in [5, 5.41) is 5.75. The van der Waals surface area contributed by atoms with Crippen molar-refractivity contribution in [2.75, 3.05) is 25.0 Å². The molecule has 1 unspecified atom stereocenters. The van der Waals surface area contributed by atoms with Gasteiger partial charge in [0.15, 0.2) is 0 Å². The second-order valence-electron chi connectivity index (χ2n) is 8.98. The summed E-state index contributed by atoms with van der Waals surface area (Å²) >= 11 is 0. The lowest BCUT2D eigenvalue weighted by molar-refractivity contribution is -0.121. The zero-order chi connectivity index (χ0) is 24.9. The van der Waals surface area contributed by atoms with Crippen molar-refractivity contribution >= 4 is 23.5 Å². The summed E-state index contributed by atoms with van der Waals surface area (Å²) in [7, 11) is 0. The van der Waals surface area contributed by atoms with Crippen LogP contribution < -0.4 is 10.6 Å². The highest BCUT2D eigenvalue weighted by atomic mass is 16.3. The van der Waals surface area contributed by atoms with Crippen LogP contribution in [0.5, 0.6) is 0 Å². The molecule has 4 amide bonds. The van der Waals surface area contributed by atoms with Crippen LogP contribution in [0.3, 0.4) is 0 Å². The number of hydrogen-bond donors (Lipinski definition) is 2. The zero-order valence-corrected chi connectivity index (χ0v) is 20.2. The van der Waals surface area contributed by atoms with E-state index in [2.05, 4.69) is 10.6 Å². The molecule has 8 nitrogen and oxygen atoms in total. The lowest BCUT2D eigenvalue weighted by Gasteiger charge is -2.40. The molecule has 8 heteroatoms. The minimum Gasteiger partial charge on any atom is -0.464 e. The molecule has 4 rings (SSSR count). The number of hydrogen-bond acceptors (Lipinski definition) is 4. The Morgan fingerprint density at radius 3 is 2.46 bits per heavy atom. The van der Waals surface area contributed by atoms with Gasteiger partial charge in [0, 0.05) is 35.9 Å². The average Bonchev–Trinajstić information content (AvgIpc) is 3.39. The van der Waals surface area contributed by atoms with Crippen molar-refractivity contribution in [2.45, 2.75) is 32.9 Å². The number of carbonyl (C=O) groups excluding carboxylic acids is 3. The Labute approximate surface area is 204 Å². The Morgan fingerprint density at radius 2 is 1.77 bits per heavy atom. The molecule has 3 aromatic rings. The summed E-state index contributed by atoms with van der Waals surface area (Å²) < 4.78 is 5.46. The first-order valence-electron chi connectivity index (χ1n) is 11.7. The predicted molar refractivity (Wildman–Crippen MR) is 134 cm³/mol. The number of nitrogens with zero attached hydrogens (tertiary/aromatic N) is 2. The van der Waals surface area contributed by atoms with Crippen molar-refractivity contribution < 1.29 is 18.8 Å². The highest BCUT2D eigenvalue weighted by Crippen LogP contribution is 2.23. The molecule has 0 radical (unpaired) electrons. The number of amides is 4. The summed E-state index contributed by atoms with van der Waals surface area (Å²) in [4.78, 5) is 42.7. The molecule has 1 aromatic heterocycles. The third-order valence-electron chi connectivity index (χ3n) is 5.88. The monoisotopic (exact) mass is 474 g/mol. The van der Waals surface area contributed by atoms with Crippen LogP contribution in [0.4, 0.5) is 10.5 Å². The fourth-order valence-electron chi connectivity index (χ4n) is 4.06. The van der Waals surface area contributed by atoms with E-state index in [9.17, 15) is 14.4 Å². The number of benzene rings is 2. The Morgan fingerprint density at radius 1 is 1.00 bits per heavy atom. The Kier molecular flexibility index (Phi) is 7.19.